The Bertz CT molecular complexity index is 294. The fraction of sp³-hybridized carbons (Fsp3) is 0.636. The Hall–Kier alpha value is -0.450. The molecule has 1 aromatic heterocycles. The van der Waals surface area contributed by atoms with Gasteiger partial charge in [-0.15, -0.1) is 0 Å². The Labute approximate surface area is 93.4 Å². The summed E-state index contributed by atoms with van der Waals surface area (Å²) < 4.78 is 19.7. The van der Waals surface area contributed by atoms with Gasteiger partial charge in [0.1, 0.15) is 5.67 Å². The highest BCUT2D eigenvalue weighted by Crippen LogP contribution is 2.32. The van der Waals surface area contributed by atoms with Crippen molar-refractivity contribution in [3.8, 4) is 0 Å². The molecular formula is C11H16FNOS. The van der Waals surface area contributed by atoms with Gasteiger partial charge in [-0.1, -0.05) is 0 Å². The van der Waals surface area contributed by atoms with Crippen molar-refractivity contribution in [2.24, 2.45) is 0 Å². The molecule has 15 heavy (non-hydrogen) atoms. The SMILES string of the molecule is CC(F)(CC1COCCN1)c1ccsc1. The van der Waals surface area contributed by atoms with Crippen LogP contribution in [0.25, 0.3) is 0 Å². The van der Waals surface area contributed by atoms with Crippen LogP contribution in [0.1, 0.15) is 18.9 Å². The van der Waals surface area contributed by atoms with Gasteiger partial charge in [0.2, 0.25) is 0 Å². The Kier molecular flexibility index (Phi) is 3.38. The van der Waals surface area contributed by atoms with Gasteiger partial charge in [-0.25, -0.2) is 4.39 Å². The fourth-order valence-corrected chi connectivity index (χ4v) is 2.67. The van der Waals surface area contributed by atoms with E-state index in [1.807, 2.05) is 16.8 Å². The van der Waals surface area contributed by atoms with E-state index in [2.05, 4.69) is 5.32 Å². The maximum absolute atomic E-state index is 14.4. The molecule has 0 aliphatic carbocycles. The van der Waals surface area contributed by atoms with Gasteiger partial charge >= 0.3 is 0 Å². The summed E-state index contributed by atoms with van der Waals surface area (Å²) in [4.78, 5) is 0. The predicted octanol–water partition coefficient (Wildman–Crippen LogP) is 2.31. The third-order valence-electron chi connectivity index (χ3n) is 2.75. The van der Waals surface area contributed by atoms with Crippen molar-refractivity contribution < 1.29 is 9.13 Å². The lowest BCUT2D eigenvalue weighted by Gasteiger charge is -2.29. The Balaban J connectivity index is 1.97. The van der Waals surface area contributed by atoms with E-state index in [4.69, 9.17) is 4.74 Å². The van der Waals surface area contributed by atoms with Crippen molar-refractivity contribution in [1.29, 1.82) is 0 Å². The number of halogens is 1. The van der Waals surface area contributed by atoms with Crippen molar-refractivity contribution in [2.45, 2.75) is 25.1 Å². The number of thiophene rings is 1. The summed E-state index contributed by atoms with van der Waals surface area (Å²) in [7, 11) is 0. The molecule has 1 saturated heterocycles. The van der Waals surface area contributed by atoms with Gasteiger partial charge in [-0.2, -0.15) is 11.3 Å². The van der Waals surface area contributed by atoms with Gasteiger partial charge in [-0.3, -0.25) is 0 Å². The molecule has 2 atom stereocenters. The molecule has 2 nitrogen and oxygen atoms in total. The van der Waals surface area contributed by atoms with Crippen LogP contribution in [0, 0.1) is 0 Å². The summed E-state index contributed by atoms with van der Waals surface area (Å²) in [6, 6.07) is 1.99. The van der Waals surface area contributed by atoms with Gasteiger partial charge in [-0.05, 0) is 29.3 Å². The lowest BCUT2D eigenvalue weighted by molar-refractivity contribution is 0.0476. The molecule has 0 saturated carbocycles. The molecule has 0 bridgehead atoms. The highest BCUT2D eigenvalue weighted by Gasteiger charge is 2.30. The second kappa shape index (κ2) is 4.60. The Morgan fingerprint density at radius 2 is 2.60 bits per heavy atom. The zero-order chi connectivity index (χ0) is 10.7. The molecule has 0 aromatic carbocycles. The van der Waals surface area contributed by atoms with E-state index in [9.17, 15) is 4.39 Å². The lowest BCUT2D eigenvalue weighted by atomic mass is 9.93. The number of ether oxygens (including phenoxy) is 1. The quantitative estimate of drug-likeness (QED) is 0.858. The van der Waals surface area contributed by atoms with Gasteiger partial charge < -0.3 is 10.1 Å². The van der Waals surface area contributed by atoms with Crippen molar-refractivity contribution in [1.82, 2.24) is 5.32 Å². The maximum atomic E-state index is 14.4. The first-order chi connectivity index (χ1) is 7.18. The summed E-state index contributed by atoms with van der Waals surface area (Å²) in [6.07, 6.45) is 0.476. The van der Waals surface area contributed by atoms with E-state index in [-0.39, 0.29) is 6.04 Å². The van der Waals surface area contributed by atoms with Crippen LogP contribution in [0.3, 0.4) is 0 Å². The fourth-order valence-electron chi connectivity index (χ4n) is 1.89. The molecule has 1 aliphatic rings. The second-order valence-corrected chi connectivity index (χ2v) is 4.92. The van der Waals surface area contributed by atoms with Crippen LogP contribution >= 0.6 is 11.3 Å². The Morgan fingerprint density at radius 3 is 3.20 bits per heavy atom. The summed E-state index contributed by atoms with van der Waals surface area (Å²) >= 11 is 1.54. The zero-order valence-corrected chi connectivity index (χ0v) is 9.65. The first-order valence-electron chi connectivity index (χ1n) is 5.21. The third kappa shape index (κ3) is 2.77. The number of hydrogen-bond acceptors (Lipinski definition) is 3. The normalized spacial score (nSPS) is 26.1. The van der Waals surface area contributed by atoms with E-state index < -0.39 is 5.67 Å². The largest absolute Gasteiger partial charge is 0.379 e. The molecule has 4 heteroatoms. The van der Waals surface area contributed by atoms with Crippen molar-refractivity contribution in [3.05, 3.63) is 22.4 Å². The molecule has 0 radical (unpaired) electrons. The summed E-state index contributed by atoms with van der Waals surface area (Å²) in [5.74, 6) is 0. The van der Waals surface area contributed by atoms with Crippen LogP contribution < -0.4 is 5.32 Å². The van der Waals surface area contributed by atoms with E-state index in [0.29, 0.717) is 13.0 Å². The van der Waals surface area contributed by atoms with Crippen LogP contribution in [0.2, 0.25) is 0 Å². The first kappa shape index (κ1) is 11.0. The molecule has 0 amide bonds. The van der Waals surface area contributed by atoms with Crippen LogP contribution in [-0.2, 0) is 10.4 Å². The summed E-state index contributed by atoms with van der Waals surface area (Å²) in [5, 5.41) is 7.07. The van der Waals surface area contributed by atoms with Gasteiger partial charge in [0, 0.05) is 19.0 Å². The summed E-state index contributed by atoms with van der Waals surface area (Å²) in [6.45, 7) is 3.82. The van der Waals surface area contributed by atoms with Crippen molar-refractivity contribution >= 4 is 11.3 Å². The molecule has 84 valence electrons. The number of alkyl halides is 1. The van der Waals surface area contributed by atoms with Crippen molar-refractivity contribution in [3.63, 3.8) is 0 Å². The van der Waals surface area contributed by atoms with Crippen LogP contribution in [0.15, 0.2) is 16.8 Å². The standard InChI is InChI=1S/C11H16FNOS/c1-11(12,9-2-5-15-8-9)6-10-7-14-4-3-13-10/h2,5,8,10,13H,3-4,6-7H2,1H3. The van der Waals surface area contributed by atoms with Crippen LogP contribution in [0.4, 0.5) is 4.39 Å². The summed E-state index contributed by atoms with van der Waals surface area (Å²) in [5.41, 5.74) is -0.474. The average molecular weight is 229 g/mol. The highest BCUT2D eigenvalue weighted by atomic mass is 32.1. The van der Waals surface area contributed by atoms with Gasteiger partial charge in [0.25, 0.3) is 0 Å². The monoisotopic (exact) mass is 229 g/mol. The molecule has 2 heterocycles. The maximum Gasteiger partial charge on any atom is 0.135 e. The van der Waals surface area contributed by atoms with E-state index in [1.54, 1.807) is 6.92 Å². The number of rotatable bonds is 3. The molecule has 0 spiro atoms. The average Bonchev–Trinajstić information content (AvgIpc) is 2.71. The van der Waals surface area contributed by atoms with Gasteiger partial charge in [0.05, 0.1) is 13.2 Å². The molecule has 1 aromatic rings. The second-order valence-electron chi connectivity index (χ2n) is 4.14. The highest BCUT2D eigenvalue weighted by molar-refractivity contribution is 7.08. The van der Waals surface area contributed by atoms with E-state index in [0.717, 1.165) is 18.7 Å². The number of hydrogen-bond donors (Lipinski definition) is 1. The topological polar surface area (TPSA) is 21.3 Å². The van der Waals surface area contributed by atoms with Crippen molar-refractivity contribution in [2.75, 3.05) is 19.8 Å². The molecule has 1 fully saturated rings. The van der Waals surface area contributed by atoms with Crippen LogP contribution in [0.5, 0.6) is 0 Å². The molecule has 2 rings (SSSR count). The first-order valence-corrected chi connectivity index (χ1v) is 6.15. The Morgan fingerprint density at radius 1 is 1.73 bits per heavy atom. The molecule has 1 aliphatic heterocycles. The van der Waals surface area contributed by atoms with Gasteiger partial charge in [0.15, 0.2) is 0 Å². The molecular weight excluding hydrogens is 213 g/mol. The minimum absolute atomic E-state index is 0.133. The smallest absolute Gasteiger partial charge is 0.135 e. The molecule has 1 N–H and O–H groups in total. The lowest BCUT2D eigenvalue weighted by Crippen LogP contribution is -2.44. The number of morpholine rings is 1. The van der Waals surface area contributed by atoms with E-state index in [1.165, 1.54) is 11.3 Å². The minimum Gasteiger partial charge on any atom is -0.379 e. The van der Waals surface area contributed by atoms with Crippen LogP contribution in [-0.4, -0.2) is 25.8 Å². The van der Waals surface area contributed by atoms with E-state index >= 15 is 0 Å². The number of nitrogens with one attached hydrogen (secondary N) is 1. The minimum atomic E-state index is -1.25. The third-order valence-corrected chi connectivity index (χ3v) is 3.43. The molecule has 2 unspecified atom stereocenters. The zero-order valence-electron chi connectivity index (χ0n) is 8.83. The predicted molar refractivity (Wildman–Crippen MR) is 60.0 cm³/mol.